The zero-order valence-electron chi connectivity index (χ0n) is 6.77. The second kappa shape index (κ2) is 3.38. The summed E-state index contributed by atoms with van der Waals surface area (Å²) in [5.74, 6) is -3.48. The van der Waals surface area contributed by atoms with Gasteiger partial charge in [0.1, 0.15) is 11.4 Å². The standard InChI is InChI=1S/C8H7F2NO2/c1-4(12)11-8-6(13)3-2-5(9)7(8)10/h2-3,13H,1H3,(H,11,12). The van der Waals surface area contributed by atoms with E-state index in [2.05, 4.69) is 0 Å². The number of aromatic hydroxyl groups is 1. The van der Waals surface area contributed by atoms with Crippen molar-refractivity contribution >= 4 is 11.6 Å². The fourth-order valence-electron chi connectivity index (χ4n) is 0.835. The van der Waals surface area contributed by atoms with Gasteiger partial charge in [-0.05, 0) is 12.1 Å². The molecule has 0 bridgehead atoms. The van der Waals surface area contributed by atoms with Crippen LogP contribution in [0.25, 0.3) is 0 Å². The molecule has 0 aliphatic heterocycles. The lowest BCUT2D eigenvalue weighted by atomic mass is 10.2. The molecule has 0 radical (unpaired) electrons. The van der Waals surface area contributed by atoms with Gasteiger partial charge >= 0.3 is 0 Å². The van der Waals surface area contributed by atoms with E-state index in [1.54, 1.807) is 0 Å². The molecule has 1 aromatic carbocycles. The van der Waals surface area contributed by atoms with Crippen LogP contribution in [0.15, 0.2) is 12.1 Å². The summed E-state index contributed by atoms with van der Waals surface area (Å²) in [5.41, 5.74) is -0.535. The van der Waals surface area contributed by atoms with Gasteiger partial charge in [-0.25, -0.2) is 8.78 Å². The molecule has 0 spiro atoms. The third-order valence-corrected chi connectivity index (χ3v) is 1.37. The lowest BCUT2D eigenvalue weighted by molar-refractivity contribution is -0.114. The van der Waals surface area contributed by atoms with E-state index in [-0.39, 0.29) is 0 Å². The van der Waals surface area contributed by atoms with Gasteiger partial charge in [-0.3, -0.25) is 4.79 Å². The van der Waals surface area contributed by atoms with E-state index in [0.29, 0.717) is 0 Å². The molecule has 0 aliphatic carbocycles. The van der Waals surface area contributed by atoms with Crippen molar-refractivity contribution in [3.05, 3.63) is 23.8 Å². The second-order valence-corrected chi connectivity index (χ2v) is 2.44. The van der Waals surface area contributed by atoms with Crippen molar-refractivity contribution in [3.63, 3.8) is 0 Å². The molecule has 0 saturated carbocycles. The molecule has 0 fully saturated rings. The number of anilines is 1. The Labute approximate surface area is 73.0 Å². The molecule has 70 valence electrons. The first kappa shape index (κ1) is 9.44. The molecule has 0 unspecified atom stereocenters. The number of phenols is 1. The molecule has 0 aliphatic rings. The predicted molar refractivity (Wildman–Crippen MR) is 42.3 cm³/mol. The second-order valence-electron chi connectivity index (χ2n) is 2.44. The van der Waals surface area contributed by atoms with Crippen molar-refractivity contribution in [2.75, 3.05) is 5.32 Å². The number of amides is 1. The van der Waals surface area contributed by atoms with Crippen LogP contribution in [0.4, 0.5) is 14.5 Å². The summed E-state index contributed by atoms with van der Waals surface area (Å²) in [6.45, 7) is 1.13. The van der Waals surface area contributed by atoms with E-state index in [9.17, 15) is 13.6 Å². The summed E-state index contributed by atoms with van der Waals surface area (Å²) in [4.78, 5) is 10.5. The Morgan fingerprint density at radius 1 is 1.46 bits per heavy atom. The summed E-state index contributed by atoms with van der Waals surface area (Å²) < 4.78 is 25.4. The van der Waals surface area contributed by atoms with Gasteiger partial charge in [0.15, 0.2) is 11.6 Å². The van der Waals surface area contributed by atoms with Crippen molar-refractivity contribution in [1.29, 1.82) is 0 Å². The molecule has 1 rings (SSSR count). The van der Waals surface area contributed by atoms with Crippen molar-refractivity contribution in [1.82, 2.24) is 0 Å². The van der Waals surface area contributed by atoms with Gasteiger partial charge in [-0.15, -0.1) is 0 Å². The number of hydrogen-bond donors (Lipinski definition) is 2. The molecular weight excluding hydrogens is 180 g/mol. The summed E-state index contributed by atoms with van der Waals surface area (Å²) in [5, 5.41) is 11.0. The molecule has 1 amide bonds. The number of nitrogens with one attached hydrogen (secondary N) is 1. The van der Waals surface area contributed by atoms with Gasteiger partial charge in [-0.2, -0.15) is 0 Å². The number of carbonyl (C=O) groups is 1. The normalized spacial score (nSPS) is 9.77. The average Bonchev–Trinajstić information content (AvgIpc) is 2.05. The van der Waals surface area contributed by atoms with Crippen molar-refractivity contribution in [2.24, 2.45) is 0 Å². The molecule has 0 saturated heterocycles. The van der Waals surface area contributed by atoms with Crippen LogP contribution in [0.3, 0.4) is 0 Å². The van der Waals surface area contributed by atoms with Crippen LogP contribution in [0.1, 0.15) is 6.92 Å². The summed E-state index contributed by atoms with van der Waals surface area (Å²) in [6.07, 6.45) is 0. The van der Waals surface area contributed by atoms with Crippen molar-refractivity contribution in [2.45, 2.75) is 6.92 Å². The largest absolute Gasteiger partial charge is 0.506 e. The predicted octanol–water partition coefficient (Wildman–Crippen LogP) is 1.63. The smallest absolute Gasteiger partial charge is 0.221 e. The third-order valence-electron chi connectivity index (χ3n) is 1.37. The van der Waals surface area contributed by atoms with Gasteiger partial charge in [0.05, 0.1) is 0 Å². The lowest BCUT2D eigenvalue weighted by Gasteiger charge is -2.06. The van der Waals surface area contributed by atoms with E-state index in [4.69, 9.17) is 5.11 Å². The molecule has 0 heterocycles. The minimum absolute atomic E-state index is 0.505. The summed E-state index contributed by atoms with van der Waals surface area (Å²) >= 11 is 0. The van der Waals surface area contributed by atoms with Gasteiger partial charge in [0, 0.05) is 6.92 Å². The van der Waals surface area contributed by atoms with E-state index < -0.39 is 29.0 Å². The first-order valence-corrected chi connectivity index (χ1v) is 3.47. The molecule has 5 heteroatoms. The minimum atomic E-state index is -1.27. The van der Waals surface area contributed by atoms with Crippen LogP contribution >= 0.6 is 0 Å². The van der Waals surface area contributed by atoms with Crippen molar-refractivity contribution in [3.8, 4) is 5.75 Å². The molecule has 0 aromatic heterocycles. The van der Waals surface area contributed by atoms with E-state index in [0.717, 1.165) is 19.1 Å². The Bertz CT molecular complexity index is 352. The molecule has 3 nitrogen and oxygen atoms in total. The van der Waals surface area contributed by atoms with Crippen LogP contribution < -0.4 is 5.32 Å². The highest BCUT2D eigenvalue weighted by molar-refractivity contribution is 5.90. The molecule has 1 aromatic rings. The van der Waals surface area contributed by atoms with Gasteiger partial charge in [0.2, 0.25) is 5.91 Å². The maximum atomic E-state index is 12.9. The quantitative estimate of drug-likeness (QED) is 0.656. The monoisotopic (exact) mass is 187 g/mol. The van der Waals surface area contributed by atoms with E-state index in [1.807, 2.05) is 5.32 Å². The highest BCUT2D eigenvalue weighted by Gasteiger charge is 2.13. The summed E-state index contributed by atoms with van der Waals surface area (Å²) in [6, 6.07) is 1.74. The van der Waals surface area contributed by atoms with Crippen LogP contribution in [-0.4, -0.2) is 11.0 Å². The van der Waals surface area contributed by atoms with Crippen LogP contribution in [0, 0.1) is 11.6 Å². The molecule has 0 atom stereocenters. The first-order valence-electron chi connectivity index (χ1n) is 3.47. The van der Waals surface area contributed by atoms with E-state index in [1.165, 1.54) is 0 Å². The van der Waals surface area contributed by atoms with Crippen LogP contribution in [0.5, 0.6) is 5.75 Å². The molecule has 13 heavy (non-hydrogen) atoms. The summed E-state index contributed by atoms with van der Waals surface area (Å²) in [7, 11) is 0. The fourth-order valence-corrected chi connectivity index (χ4v) is 0.835. The fraction of sp³-hybridized carbons (Fsp3) is 0.125. The number of carbonyl (C=O) groups excluding carboxylic acids is 1. The van der Waals surface area contributed by atoms with Crippen LogP contribution in [0.2, 0.25) is 0 Å². The van der Waals surface area contributed by atoms with Crippen LogP contribution in [-0.2, 0) is 4.79 Å². The average molecular weight is 187 g/mol. The highest BCUT2D eigenvalue weighted by atomic mass is 19.2. The topological polar surface area (TPSA) is 49.3 Å². The number of halogens is 2. The molecule has 2 N–H and O–H groups in total. The Morgan fingerprint density at radius 3 is 2.62 bits per heavy atom. The Morgan fingerprint density at radius 2 is 2.08 bits per heavy atom. The maximum absolute atomic E-state index is 12.9. The van der Waals surface area contributed by atoms with Gasteiger partial charge in [-0.1, -0.05) is 0 Å². The van der Waals surface area contributed by atoms with E-state index >= 15 is 0 Å². The number of rotatable bonds is 1. The number of hydrogen-bond acceptors (Lipinski definition) is 2. The highest BCUT2D eigenvalue weighted by Crippen LogP contribution is 2.27. The Balaban J connectivity index is 3.17. The minimum Gasteiger partial charge on any atom is -0.506 e. The zero-order chi connectivity index (χ0) is 10.0. The zero-order valence-corrected chi connectivity index (χ0v) is 6.77. The first-order chi connectivity index (χ1) is 6.02. The lowest BCUT2D eigenvalue weighted by Crippen LogP contribution is -2.08. The van der Waals surface area contributed by atoms with Gasteiger partial charge in [0.25, 0.3) is 0 Å². The third kappa shape index (κ3) is 1.93. The van der Waals surface area contributed by atoms with Gasteiger partial charge < -0.3 is 10.4 Å². The number of benzene rings is 1. The Kier molecular flexibility index (Phi) is 2.46. The SMILES string of the molecule is CC(=O)Nc1c(O)ccc(F)c1F. The molecular formula is C8H7F2NO2. The Hall–Kier alpha value is -1.65. The maximum Gasteiger partial charge on any atom is 0.221 e. The number of phenolic OH excluding ortho intramolecular Hbond substituents is 1. The van der Waals surface area contributed by atoms with Crippen molar-refractivity contribution < 1.29 is 18.7 Å².